The van der Waals surface area contributed by atoms with Gasteiger partial charge in [0.25, 0.3) is 0 Å². The molecule has 6 heteroatoms. The molecular weight excluding hydrogens is 317 g/mol. The lowest BCUT2D eigenvalue weighted by molar-refractivity contribution is -0.116. The van der Waals surface area contributed by atoms with Gasteiger partial charge in [-0.15, -0.1) is 0 Å². The van der Waals surface area contributed by atoms with Crippen LogP contribution in [0, 0.1) is 0 Å². The maximum absolute atomic E-state index is 11.7. The summed E-state index contributed by atoms with van der Waals surface area (Å²) < 4.78 is 12.1. The molecular formula is C19H26BNO4. The second-order valence-corrected chi connectivity index (χ2v) is 7.77. The molecule has 1 aromatic carbocycles. The van der Waals surface area contributed by atoms with Gasteiger partial charge >= 0.3 is 7.12 Å². The van der Waals surface area contributed by atoms with Crippen molar-refractivity contribution >= 4 is 24.8 Å². The fraction of sp³-hybridized carbons (Fsp3) is 0.526. The van der Waals surface area contributed by atoms with E-state index in [1.54, 1.807) is 11.8 Å². The van der Waals surface area contributed by atoms with Crippen LogP contribution in [0.5, 0.6) is 0 Å². The van der Waals surface area contributed by atoms with Crippen molar-refractivity contribution in [3.05, 3.63) is 34.8 Å². The number of hydrogen-bond acceptors (Lipinski definition) is 4. The zero-order valence-corrected chi connectivity index (χ0v) is 15.6. The predicted molar refractivity (Wildman–Crippen MR) is 99.3 cm³/mol. The highest BCUT2D eigenvalue weighted by Crippen LogP contribution is 2.39. The molecule has 3 rings (SSSR count). The number of amides is 1. The molecule has 0 atom stereocenters. The van der Waals surface area contributed by atoms with Crippen molar-refractivity contribution in [3.8, 4) is 0 Å². The van der Waals surface area contributed by atoms with E-state index in [1.807, 2.05) is 45.9 Å². The van der Waals surface area contributed by atoms with E-state index in [2.05, 4.69) is 6.07 Å². The Bertz CT molecular complexity index is 710. The van der Waals surface area contributed by atoms with Crippen molar-refractivity contribution in [1.29, 1.82) is 0 Å². The van der Waals surface area contributed by atoms with Gasteiger partial charge in [0.2, 0.25) is 5.91 Å². The zero-order chi connectivity index (χ0) is 18.4. The summed E-state index contributed by atoms with van der Waals surface area (Å²) in [4.78, 5) is 13.5. The van der Waals surface area contributed by atoms with E-state index < -0.39 is 18.3 Å². The van der Waals surface area contributed by atoms with Crippen molar-refractivity contribution in [2.45, 2.75) is 52.2 Å². The molecule has 0 bridgehead atoms. The van der Waals surface area contributed by atoms with Gasteiger partial charge in [-0.2, -0.15) is 0 Å². The molecule has 1 aromatic rings. The van der Waals surface area contributed by atoms with E-state index in [0.717, 1.165) is 29.8 Å². The number of carbonyl (C=O) groups is 1. The Balaban J connectivity index is 1.86. The quantitative estimate of drug-likeness (QED) is 0.857. The molecule has 0 saturated carbocycles. The Morgan fingerprint density at radius 2 is 1.92 bits per heavy atom. The number of aliphatic hydroxyl groups excluding tert-OH is 1. The third kappa shape index (κ3) is 3.26. The Hall–Kier alpha value is -1.63. The normalized spacial score (nSPS) is 21.6. The number of carbonyl (C=O) groups excluding carboxylic acids is 1. The standard InChI is InChI=1S/C19H26BNO4/c1-13(23)21-9-8-15-10-14(6-7-17(15)21)11-16(12-22)20-24-18(2,3)19(4,5)25-20/h6-7,10-11,22H,8-9,12H2,1-5H3. The van der Waals surface area contributed by atoms with Gasteiger partial charge in [0, 0.05) is 19.2 Å². The average molecular weight is 343 g/mol. The first kappa shape index (κ1) is 18.2. The number of nitrogens with zero attached hydrogens (tertiary/aromatic N) is 1. The summed E-state index contributed by atoms with van der Waals surface area (Å²) in [5.74, 6) is 0.0651. The van der Waals surface area contributed by atoms with Crippen LogP contribution in [0.3, 0.4) is 0 Å². The van der Waals surface area contributed by atoms with Crippen LogP contribution in [-0.4, -0.2) is 42.5 Å². The predicted octanol–water partition coefficient (Wildman–Crippen LogP) is 2.60. The van der Waals surface area contributed by atoms with Crippen LogP contribution in [0.4, 0.5) is 5.69 Å². The summed E-state index contributed by atoms with van der Waals surface area (Å²) in [6.45, 7) is 10.2. The highest BCUT2D eigenvalue weighted by Gasteiger charge is 2.52. The summed E-state index contributed by atoms with van der Waals surface area (Å²) in [6.07, 6.45) is 2.76. The van der Waals surface area contributed by atoms with Gasteiger partial charge in [0.05, 0.1) is 17.8 Å². The van der Waals surface area contributed by atoms with Gasteiger partial charge in [-0.1, -0.05) is 12.1 Å². The van der Waals surface area contributed by atoms with Crippen molar-refractivity contribution in [2.75, 3.05) is 18.1 Å². The first-order valence-corrected chi connectivity index (χ1v) is 8.72. The van der Waals surface area contributed by atoms with Crippen molar-refractivity contribution in [3.63, 3.8) is 0 Å². The second-order valence-electron chi connectivity index (χ2n) is 7.77. The number of anilines is 1. The molecule has 0 aliphatic carbocycles. The molecule has 0 radical (unpaired) electrons. The minimum absolute atomic E-state index is 0.0651. The molecule has 0 unspecified atom stereocenters. The minimum atomic E-state index is -0.558. The first-order chi connectivity index (χ1) is 11.6. The van der Waals surface area contributed by atoms with Crippen LogP contribution in [-0.2, 0) is 20.5 Å². The van der Waals surface area contributed by atoms with E-state index >= 15 is 0 Å². The van der Waals surface area contributed by atoms with Gasteiger partial charge in [-0.05, 0) is 62.8 Å². The number of fused-ring (bicyclic) bond motifs is 1. The van der Waals surface area contributed by atoms with Crippen molar-refractivity contribution in [2.24, 2.45) is 0 Å². The van der Waals surface area contributed by atoms with Gasteiger partial charge in [0.1, 0.15) is 0 Å². The third-order valence-corrected chi connectivity index (χ3v) is 5.47. The molecule has 2 aliphatic heterocycles. The molecule has 1 N–H and O–H groups in total. The fourth-order valence-corrected chi connectivity index (χ4v) is 3.24. The SMILES string of the molecule is CC(=O)N1CCc2cc(C=C(CO)B3OC(C)(C)C(C)(C)O3)ccc21. The van der Waals surface area contributed by atoms with Crippen LogP contribution in [0.15, 0.2) is 23.7 Å². The monoisotopic (exact) mass is 343 g/mol. The molecule has 1 amide bonds. The first-order valence-electron chi connectivity index (χ1n) is 8.72. The van der Waals surface area contributed by atoms with Crippen molar-refractivity contribution in [1.82, 2.24) is 0 Å². The van der Waals surface area contributed by atoms with Gasteiger partial charge in [-0.25, -0.2) is 0 Å². The van der Waals surface area contributed by atoms with Crippen LogP contribution in [0.25, 0.3) is 6.08 Å². The van der Waals surface area contributed by atoms with Crippen molar-refractivity contribution < 1.29 is 19.2 Å². The molecule has 1 saturated heterocycles. The topological polar surface area (TPSA) is 59.0 Å². The summed E-state index contributed by atoms with van der Waals surface area (Å²) in [6, 6.07) is 5.99. The number of rotatable bonds is 3. The lowest BCUT2D eigenvalue weighted by Gasteiger charge is -2.32. The fourth-order valence-electron chi connectivity index (χ4n) is 3.24. The van der Waals surface area contributed by atoms with Crippen LogP contribution < -0.4 is 4.90 Å². The van der Waals surface area contributed by atoms with E-state index in [-0.39, 0.29) is 12.5 Å². The molecule has 134 valence electrons. The van der Waals surface area contributed by atoms with Crippen LogP contribution >= 0.6 is 0 Å². The maximum atomic E-state index is 11.7. The molecule has 5 nitrogen and oxygen atoms in total. The smallest absolute Gasteiger partial charge is 0.400 e. The average Bonchev–Trinajstić information content (AvgIpc) is 3.02. The van der Waals surface area contributed by atoms with E-state index in [4.69, 9.17) is 9.31 Å². The van der Waals surface area contributed by atoms with Crippen LogP contribution in [0.2, 0.25) is 0 Å². The van der Waals surface area contributed by atoms with E-state index in [1.165, 1.54) is 0 Å². The summed E-state index contributed by atoms with van der Waals surface area (Å²) >= 11 is 0. The zero-order valence-electron chi connectivity index (χ0n) is 15.6. The van der Waals surface area contributed by atoms with Gasteiger partial charge in [0.15, 0.2) is 0 Å². The van der Waals surface area contributed by atoms with Gasteiger partial charge < -0.3 is 19.3 Å². The Morgan fingerprint density at radius 1 is 1.28 bits per heavy atom. The van der Waals surface area contributed by atoms with Gasteiger partial charge in [-0.3, -0.25) is 4.79 Å². The lowest BCUT2D eigenvalue weighted by atomic mass is 9.77. The number of benzene rings is 1. The van der Waals surface area contributed by atoms with E-state index in [0.29, 0.717) is 5.47 Å². The molecule has 2 heterocycles. The highest BCUT2D eigenvalue weighted by molar-refractivity contribution is 6.55. The maximum Gasteiger partial charge on any atom is 0.492 e. The summed E-state index contributed by atoms with van der Waals surface area (Å²) in [7, 11) is -0.558. The van der Waals surface area contributed by atoms with E-state index in [9.17, 15) is 9.90 Å². The summed E-state index contributed by atoms with van der Waals surface area (Å²) in [5, 5.41) is 9.82. The third-order valence-electron chi connectivity index (χ3n) is 5.47. The minimum Gasteiger partial charge on any atom is -0.400 e. The highest BCUT2D eigenvalue weighted by atomic mass is 16.7. The largest absolute Gasteiger partial charge is 0.492 e. The molecule has 25 heavy (non-hydrogen) atoms. The summed E-state index contributed by atoms with van der Waals surface area (Å²) in [5.41, 5.74) is 2.92. The Labute approximate surface area is 149 Å². The number of aliphatic hydroxyl groups is 1. The molecule has 1 fully saturated rings. The lowest BCUT2D eigenvalue weighted by Crippen LogP contribution is -2.41. The molecule has 0 spiro atoms. The Kier molecular flexibility index (Phi) is 4.56. The Morgan fingerprint density at radius 3 is 2.48 bits per heavy atom. The second kappa shape index (κ2) is 6.27. The molecule has 2 aliphatic rings. The number of hydrogen-bond donors (Lipinski definition) is 1. The van der Waals surface area contributed by atoms with Crippen LogP contribution in [0.1, 0.15) is 45.7 Å². The molecule has 0 aromatic heterocycles.